The van der Waals surface area contributed by atoms with Gasteiger partial charge in [-0.05, 0) is 48.3 Å². The van der Waals surface area contributed by atoms with Crippen LogP contribution in [-0.2, 0) is 0 Å². The molecule has 0 aromatic heterocycles. The highest BCUT2D eigenvalue weighted by molar-refractivity contribution is 5.48. The Kier molecular flexibility index (Phi) is 10.2. The molecular formula is C20H37NO. The highest BCUT2D eigenvalue weighted by Gasteiger charge is 2.22. The van der Waals surface area contributed by atoms with E-state index in [1.165, 1.54) is 43.6 Å². The van der Waals surface area contributed by atoms with Gasteiger partial charge in [0.1, 0.15) is 0 Å². The summed E-state index contributed by atoms with van der Waals surface area (Å²) >= 11 is 0. The average Bonchev–Trinajstić information content (AvgIpc) is 2.56. The van der Waals surface area contributed by atoms with Crippen molar-refractivity contribution in [2.75, 3.05) is 18.0 Å². The fourth-order valence-electron chi connectivity index (χ4n) is 3.13. The summed E-state index contributed by atoms with van der Waals surface area (Å²) < 4.78 is 0. The van der Waals surface area contributed by atoms with Gasteiger partial charge in [0.15, 0.2) is 0 Å². The largest absolute Gasteiger partial charge is 0.412 e. The fourth-order valence-corrected chi connectivity index (χ4v) is 3.13. The van der Waals surface area contributed by atoms with Crippen LogP contribution in [0, 0.1) is 11.8 Å². The van der Waals surface area contributed by atoms with E-state index in [1.807, 2.05) is 13.8 Å². The number of benzene rings is 1. The number of hydrogen-bond donors (Lipinski definition) is 0. The summed E-state index contributed by atoms with van der Waals surface area (Å²) in [5.74, 6) is 2.46. The lowest BCUT2D eigenvalue weighted by atomic mass is 9.84. The number of anilines is 1. The third-order valence-electron chi connectivity index (χ3n) is 4.91. The van der Waals surface area contributed by atoms with Crippen LogP contribution < -0.4 is 4.90 Å². The summed E-state index contributed by atoms with van der Waals surface area (Å²) in [6, 6.07) is 9.19. The van der Waals surface area contributed by atoms with Gasteiger partial charge >= 0.3 is 0 Å². The lowest BCUT2D eigenvalue weighted by Crippen LogP contribution is -2.35. The summed E-state index contributed by atoms with van der Waals surface area (Å²) in [6.07, 6.45) is 4.05. The van der Waals surface area contributed by atoms with Gasteiger partial charge in [0.05, 0.1) is 0 Å². The summed E-state index contributed by atoms with van der Waals surface area (Å²) in [5, 5.41) is 0. The maximum absolute atomic E-state index is 2.56. The van der Waals surface area contributed by atoms with E-state index in [2.05, 4.69) is 56.9 Å². The standard InChI is InChI=1S/C18H29N.C2H6.H2O/c1-5-15(4)17-10-12-19(13-11-17)18-8-6-16(7-9-18)14(2)3;1-2;/h6-9,14-15,17H,5,10-13H2,1-4H3;1-2H3;1H2. The predicted molar refractivity (Wildman–Crippen MR) is 99.9 cm³/mol. The number of hydrogen-bond acceptors (Lipinski definition) is 1. The van der Waals surface area contributed by atoms with Gasteiger partial charge in [0.2, 0.25) is 0 Å². The fraction of sp³-hybridized carbons (Fsp3) is 0.700. The maximum atomic E-state index is 2.56. The average molecular weight is 308 g/mol. The van der Waals surface area contributed by atoms with Crippen molar-refractivity contribution < 1.29 is 5.48 Å². The van der Waals surface area contributed by atoms with Crippen molar-refractivity contribution in [1.29, 1.82) is 0 Å². The molecule has 2 heteroatoms. The second-order valence-corrected chi connectivity index (χ2v) is 6.46. The first-order valence-electron chi connectivity index (χ1n) is 8.96. The number of piperidine rings is 1. The van der Waals surface area contributed by atoms with Gasteiger partial charge in [-0.25, -0.2) is 0 Å². The molecule has 1 aliphatic rings. The van der Waals surface area contributed by atoms with E-state index in [0.29, 0.717) is 5.92 Å². The molecule has 1 saturated heterocycles. The summed E-state index contributed by atoms with van der Waals surface area (Å²) in [7, 11) is 0. The van der Waals surface area contributed by atoms with Crippen LogP contribution in [0.2, 0.25) is 0 Å². The van der Waals surface area contributed by atoms with Gasteiger partial charge in [-0.2, -0.15) is 0 Å². The quantitative estimate of drug-likeness (QED) is 0.745. The molecule has 1 aromatic carbocycles. The van der Waals surface area contributed by atoms with E-state index < -0.39 is 0 Å². The van der Waals surface area contributed by atoms with Crippen molar-refractivity contribution in [1.82, 2.24) is 0 Å². The first-order valence-corrected chi connectivity index (χ1v) is 8.96. The smallest absolute Gasteiger partial charge is 0.0366 e. The Hall–Kier alpha value is -1.02. The van der Waals surface area contributed by atoms with Crippen molar-refractivity contribution in [3.05, 3.63) is 29.8 Å². The molecule has 1 aromatic rings. The number of rotatable bonds is 4. The molecule has 2 N–H and O–H groups in total. The molecule has 0 spiro atoms. The van der Waals surface area contributed by atoms with Gasteiger partial charge in [0, 0.05) is 18.8 Å². The van der Waals surface area contributed by atoms with Gasteiger partial charge in [-0.3, -0.25) is 0 Å². The summed E-state index contributed by atoms with van der Waals surface area (Å²) in [4.78, 5) is 2.56. The van der Waals surface area contributed by atoms with Crippen LogP contribution in [0.4, 0.5) is 5.69 Å². The minimum Gasteiger partial charge on any atom is -0.412 e. The second kappa shape index (κ2) is 10.7. The van der Waals surface area contributed by atoms with Crippen LogP contribution in [0.5, 0.6) is 0 Å². The van der Waals surface area contributed by atoms with Gasteiger partial charge in [0.25, 0.3) is 0 Å². The Balaban J connectivity index is 0.00000141. The molecule has 1 heterocycles. The second-order valence-electron chi connectivity index (χ2n) is 6.46. The Morgan fingerprint density at radius 3 is 1.91 bits per heavy atom. The van der Waals surface area contributed by atoms with Crippen molar-refractivity contribution in [2.45, 2.75) is 66.7 Å². The van der Waals surface area contributed by atoms with E-state index in [1.54, 1.807) is 0 Å². The zero-order valence-electron chi connectivity index (χ0n) is 15.5. The normalized spacial score (nSPS) is 16.6. The molecule has 0 radical (unpaired) electrons. The van der Waals surface area contributed by atoms with Gasteiger partial charge in [-0.15, -0.1) is 0 Å². The van der Waals surface area contributed by atoms with Gasteiger partial charge < -0.3 is 10.4 Å². The minimum absolute atomic E-state index is 0. The molecule has 0 saturated carbocycles. The van der Waals surface area contributed by atoms with Gasteiger partial charge in [-0.1, -0.05) is 60.1 Å². The van der Waals surface area contributed by atoms with Crippen molar-refractivity contribution in [3.8, 4) is 0 Å². The zero-order chi connectivity index (χ0) is 15.8. The highest BCUT2D eigenvalue weighted by atomic mass is 16.0. The van der Waals surface area contributed by atoms with Crippen LogP contribution in [-0.4, -0.2) is 18.6 Å². The van der Waals surface area contributed by atoms with E-state index >= 15 is 0 Å². The summed E-state index contributed by atoms with van der Waals surface area (Å²) in [5.41, 5.74) is 2.85. The molecule has 1 atom stereocenters. The third-order valence-corrected chi connectivity index (χ3v) is 4.91. The van der Waals surface area contributed by atoms with Crippen molar-refractivity contribution in [3.63, 3.8) is 0 Å². The maximum Gasteiger partial charge on any atom is 0.0366 e. The van der Waals surface area contributed by atoms with E-state index in [4.69, 9.17) is 0 Å². The van der Waals surface area contributed by atoms with E-state index in [0.717, 1.165) is 11.8 Å². The topological polar surface area (TPSA) is 34.7 Å². The van der Waals surface area contributed by atoms with Crippen LogP contribution in [0.1, 0.15) is 72.3 Å². The third kappa shape index (κ3) is 5.64. The molecule has 0 amide bonds. The molecule has 22 heavy (non-hydrogen) atoms. The molecular weight excluding hydrogens is 270 g/mol. The lowest BCUT2D eigenvalue weighted by Gasteiger charge is -2.36. The molecule has 0 bridgehead atoms. The molecule has 1 aliphatic heterocycles. The summed E-state index contributed by atoms with van der Waals surface area (Å²) in [6.45, 7) is 15.7. The first-order chi connectivity index (χ1) is 10.1. The first kappa shape index (κ1) is 21.0. The van der Waals surface area contributed by atoms with Crippen LogP contribution in [0.3, 0.4) is 0 Å². The Morgan fingerprint density at radius 2 is 1.50 bits per heavy atom. The molecule has 0 aliphatic carbocycles. The zero-order valence-corrected chi connectivity index (χ0v) is 15.5. The van der Waals surface area contributed by atoms with Crippen LogP contribution in [0.15, 0.2) is 24.3 Å². The van der Waals surface area contributed by atoms with Crippen LogP contribution >= 0.6 is 0 Å². The monoisotopic (exact) mass is 307 g/mol. The SMILES string of the molecule is CC.CCC(C)C1CCN(c2ccc(C(C)C)cc2)CC1.O. The lowest BCUT2D eigenvalue weighted by molar-refractivity contribution is 0.286. The molecule has 2 rings (SSSR count). The molecule has 128 valence electrons. The Bertz CT molecular complexity index is 377. The van der Waals surface area contributed by atoms with Crippen molar-refractivity contribution >= 4 is 5.69 Å². The predicted octanol–water partition coefficient (Wildman–Crippen LogP) is 5.27. The highest BCUT2D eigenvalue weighted by Crippen LogP contribution is 2.30. The molecule has 1 unspecified atom stereocenters. The van der Waals surface area contributed by atoms with Crippen molar-refractivity contribution in [2.24, 2.45) is 11.8 Å². The number of nitrogens with zero attached hydrogens (tertiary/aromatic N) is 1. The van der Waals surface area contributed by atoms with Crippen LogP contribution in [0.25, 0.3) is 0 Å². The molecule has 1 fully saturated rings. The van der Waals surface area contributed by atoms with E-state index in [9.17, 15) is 0 Å². The molecule has 2 nitrogen and oxygen atoms in total. The Morgan fingerprint density at radius 1 is 1.00 bits per heavy atom. The Labute approximate surface area is 138 Å². The van der Waals surface area contributed by atoms with E-state index in [-0.39, 0.29) is 5.48 Å². The minimum atomic E-state index is 0.